The minimum absolute atomic E-state index is 0.0956. The number of hydrogen-bond acceptors (Lipinski definition) is 5. The zero-order valence-corrected chi connectivity index (χ0v) is 19.9. The van der Waals surface area contributed by atoms with E-state index in [1.807, 2.05) is 89.5 Å². The number of nitriles is 1. The quantitative estimate of drug-likeness (QED) is 0.289. The van der Waals surface area contributed by atoms with Gasteiger partial charge in [0.1, 0.15) is 5.82 Å². The molecule has 1 amide bonds. The molecule has 6 nitrogen and oxygen atoms in total. The van der Waals surface area contributed by atoms with Gasteiger partial charge in [0.05, 0.1) is 18.2 Å². The Kier molecular flexibility index (Phi) is 7.97. The molecule has 4 aromatic rings. The van der Waals surface area contributed by atoms with Crippen LogP contribution in [0.1, 0.15) is 17.8 Å². The molecular formula is C26H22ClN5OS. The van der Waals surface area contributed by atoms with Gasteiger partial charge in [0, 0.05) is 29.4 Å². The molecule has 3 aromatic carbocycles. The molecule has 0 bridgehead atoms. The van der Waals surface area contributed by atoms with Gasteiger partial charge in [-0.05, 0) is 42.0 Å². The molecule has 0 aliphatic carbocycles. The van der Waals surface area contributed by atoms with Gasteiger partial charge in [-0.3, -0.25) is 9.36 Å². The third-order valence-corrected chi connectivity index (χ3v) is 6.30. The molecule has 0 N–H and O–H groups in total. The zero-order valence-electron chi connectivity index (χ0n) is 18.3. The molecule has 1 aromatic heterocycles. The normalized spacial score (nSPS) is 10.6. The zero-order chi connectivity index (χ0) is 23.8. The molecule has 0 saturated carbocycles. The van der Waals surface area contributed by atoms with Gasteiger partial charge in [-0.2, -0.15) is 5.26 Å². The van der Waals surface area contributed by atoms with Crippen molar-refractivity contribution in [2.45, 2.75) is 18.0 Å². The topological polar surface area (TPSA) is 74.8 Å². The van der Waals surface area contributed by atoms with Crippen LogP contribution in [0.2, 0.25) is 5.02 Å². The van der Waals surface area contributed by atoms with Crippen LogP contribution in [0.5, 0.6) is 0 Å². The van der Waals surface area contributed by atoms with Crippen molar-refractivity contribution in [3.05, 3.63) is 101 Å². The van der Waals surface area contributed by atoms with Gasteiger partial charge >= 0.3 is 0 Å². The Hall–Kier alpha value is -3.60. The van der Waals surface area contributed by atoms with E-state index < -0.39 is 0 Å². The summed E-state index contributed by atoms with van der Waals surface area (Å²) in [7, 11) is 0. The van der Waals surface area contributed by atoms with Crippen LogP contribution < -0.4 is 4.90 Å². The number of amides is 1. The van der Waals surface area contributed by atoms with Crippen molar-refractivity contribution in [1.82, 2.24) is 14.8 Å². The Bertz CT molecular complexity index is 1270. The number of aromatic nitrogens is 3. The highest BCUT2D eigenvalue weighted by Gasteiger charge is 2.20. The van der Waals surface area contributed by atoms with Crippen molar-refractivity contribution in [1.29, 1.82) is 5.26 Å². The predicted molar refractivity (Wildman–Crippen MR) is 135 cm³/mol. The molecule has 8 heteroatoms. The van der Waals surface area contributed by atoms with E-state index in [-0.39, 0.29) is 18.1 Å². The third kappa shape index (κ3) is 5.84. The lowest BCUT2D eigenvalue weighted by Crippen LogP contribution is -2.33. The number of nitrogens with zero attached hydrogens (tertiary/aromatic N) is 5. The summed E-state index contributed by atoms with van der Waals surface area (Å²) in [4.78, 5) is 14.8. The van der Waals surface area contributed by atoms with Crippen molar-refractivity contribution < 1.29 is 4.79 Å². The number of carbonyl (C=O) groups excluding carboxylic acids is 1. The maximum absolute atomic E-state index is 13.1. The van der Waals surface area contributed by atoms with Crippen LogP contribution >= 0.6 is 23.4 Å². The van der Waals surface area contributed by atoms with E-state index >= 15 is 0 Å². The number of thioether (sulfide) groups is 1. The number of anilines is 1. The lowest BCUT2D eigenvalue weighted by molar-refractivity contribution is -0.116. The average molecular weight is 488 g/mol. The molecule has 0 radical (unpaired) electrons. The molecule has 0 spiro atoms. The van der Waals surface area contributed by atoms with Crippen LogP contribution in [0.4, 0.5) is 5.69 Å². The first-order valence-electron chi connectivity index (χ1n) is 10.7. The van der Waals surface area contributed by atoms with Crippen molar-refractivity contribution >= 4 is 35.0 Å². The van der Waals surface area contributed by atoms with E-state index in [2.05, 4.69) is 16.3 Å². The molecule has 34 heavy (non-hydrogen) atoms. The van der Waals surface area contributed by atoms with E-state index in [1.54, 1.807) is 4.90 Å². The summed E-state index contributed by atoms with van der Waals surface area (Å²) in [5.74, 6) is 0.840. The minimum Gasteiger partial charge on any atom is -0.311 e. The third-order valence-electron chi connectivity index (χ3n) is 5.13. The number of rotatable bonds is 9. The van der Waals surface area contributed by atoms with Crippen molar-refractivity contribution in [2.75, 3.05) is 17.2 Å². The van der Waals surface area contributed by atoms with Crippen LogP contribution in [0, 0.1) is 11.3 Å². The van der Waals surface area contributed by atoms with Gasteiger partial charge in [0.2, 0.25) is 5.91 Å². The molecule has 170 valence electrons. The van der Waals surface area contributed by atoms with Gasteiger partial charge in [-0.15, -0.1) is 10.2 Å². The smallest absolute Gasteiger partial charge is 0.237 e. The van der Waals surface area contributed by atoms with Gasteiger partial charge in [0.15, 0.2) is 5.16 Å². The molecule has 0 unspecified atom stereocenters. The Morgan fingerprint density at radius 3 is 2.32 bits per heavy atom. The number of para-hydroxylation sites is 1. The first-order chi connectivity index (χ1) is 16.7. The summed E-state index contributed by atoms with van der Waals surface area (Å²) in [6.07, 6.45) is 0.858. The van der Waals surface area contributed by atoms with E-state index in [1.165, 1.54) is 11.8 Å². The van der Waals surface area contributed by atoms with Gasteiger partial charge in [-0.25, -0.2) is 0 Å². The van der Waals surface area contributed by atoms with Crippen LogP contribution in [0.15, 0.2) is 90.1 Å². The number of benzene rings is 3. The van der Waals surface area contributed by atoms with Crippen LogP contribution in [0.25, 0.3) is 5.69 Å². The van der Waals surface area contributed by atoms with E-state index in [9.17, 15) is 4.79 Å². The van der Waals surface area contributed by atoms with Gasteiger partial charge in [-0.1, -0.05) is 71.9 Å². The summed E-state index contributed by atoms with van der Waals surface area (Å²) in [5, 5.41) is 19.1. The molecule has 4 rings (SSSR count). The summed E-state index contributed by atoms with van der Waals surface area (Å²) in [6, 6.07) is 29.0. The fraction of sp³-hybridized carbons (Fsp3) is 0.154. The molecule has 0 atom stereocenters. The predicted octanol–water partition coefficient (Wildman–Crippen LogP) is 5.55. The molecule has 1 heterocycles. The van der Waals surface area contributed by atoms with Gasteiger partial charge < -0.3 is 4.90 Å². The SMILES string of the molecule is N#CCCN(C(=O)CSc1nnc(Cc2ccccc2)n1-c1ccc(Cl)cc1)c1ccccc1. The van der Waals surface area contributed by atoms with Crippen molar-refractivity contribution in [3.8, 4) is 11.8 Å². The van der Waals surface area contributed by atoms with Crippen molar-refractivity contribution in [3.63, 3.8) is 0 Å². The van der Waals surface area contributed by atoms with Crippen LogP contribution in [-0.4, -0.2) is 33.0 Å². The fourth-order valence-electron chi connectivity index (χ4n) is 3.51. The highest BCUT2D eigenvalue weighted by molar-refractivity contribution is 7.99. The summed E-state index contributed by atoms with van der Waals surface area (Å²) in [6.45, 7) is 0.336. The maximum atomic E-state index is 13.1. The molecule has 0 saturated heterocycles. The van der Waals surface area contributed by atoms with Gasteiger partial charge in [0.25, 0.3) is 0 Å². The maximum Gasteiger partial charge on any atom is 0.237 e. The lowest BCUT2D eigenvalue weighted by atomic mass is 10.1. The van der Waals surface area contributed by atoms with Crippen LogP contribution in [0.3, 0.4) is 0 Å². The monoisotopic (exact) mass is 487 g/mol. The second kappa shape index (κ2) is 11.5. The lowest BCUT2D eigenvalue weighted by Gasteiger charge is -2.21. The van der Waals surface area contributed by atoms with Crippen LogP contribution in [-0.2, 0) is 11.2 Å². The number of hydrogen-bond donors (Lipinski definition) is 0. The molecule has 0 aliphatic heterocycles. The summed E-state index contributed by atoms with van der Waals surface area (Å²) >= 11 is 7.43. The Labute approximate surface area is 207 Å². The second-order valence-electron chi connectivity index (χ2n) is 7.45. The van der Waals surface area contributed by atoms with E-state index in [0.717, 1.165) is 22.8 Å². The first kappa shape index (κ1) is 23.6. The Balaban J connectivity index is 1.59. The number of halogens is 1. The fourth-order valence-corrected chi connectivity index (χ4v) is 4.48. The van der Waals surface area contributed by atoms with Crippen molar-refractivity contribution in [2.24, 2.45) is 0 Å². The average Bonchev–Trinajstić information content (AvgIpc) is 3.27. The highest BCUT2D eigenvalue weighted by Crippen LogP contribution is 2.26. The molecule has 0 aliphatic rings. The highest BCUT2D eigenvalue weighted by atomic mass is 35.5. The number of carbonyl (C=O) groups is 1. The molecule has 0 fully saturated rings. The largest absolute Gasteiger partial charge is 0.311 e. The summed E-state index contributed by atoms with van der Waals surface area (Å²) < 4.78 is 1.96. The Morgan fingerprint density at radius 1 is 0.971 bits per heavy atom. The standard InChI is InChI=1S/C26H22ClN5OS/c27-21-12-14-23(15-13-21)32-24(18-20-8-3-1-4-9-20)29-30-26(32)34-19-25(33)31(17-7-16-28)22-10-5-2-6-11-22/h1-6,8-15H,7,17-19H2. The summed E-state index contributed by atoms with van der Waals surface area (Å²) in [5.41, 5.74) is 2.76. The van der Waals surface area contributed by atoms with E-state index in [4.69, 9.17) is 16.9 Å². The second-order valence-corrected chi connectivity index (χ2v) is 8.83. The first-order valence-corrected chi connectivity index (χ1v) is 12.1. The molecular weight excluding hydrogens is 466 g/mol. The minimum atomic E-state index is -0.0956. The van der Waals surface area contributed by atoms with E-state index in [0.29, 0.717) is 23.1 Å². The Morgan fingerprint density at radius 2 is 1.65 bits per heavy atom.